The van der Waals surface area contributed by atoms with Gasteiger partial charge in [-0.15, -0.1) is 21.5 Å². The highest BCUT2D eigenvalue weighted by molar-refractivity contribution is 7.13. The molecule has 1 fully saturated rings. The lowest BCUT2D eigenvalue weighted by molar-refractivity contribution is 0.472. The molecule has 0 aliphatic carbocycles. The molecule has 1 atom stereocenters. The lowest BCUT2D eigenvalue weighted by Gasteiger charge is -2.33. The van der Waals surface area contributed by atoms with Crippen molar-refractivity contribution in [1.29, 1.82) is 0 Å². The first-order valence-corrected chi connectivity index (χ1v) is 10.6. The summed E-state index contributed by atoms with van der Waals surface area (Å²) in [7, 11) is 0. The number of para-hydroxylation sites is 1. The van der Waals surface area contributed by atoms with Crippen LogP contribution in [-0.4, -0.2) is 37.8 Å². The molecule has 0 saturated carbocycles. The van der Waals surface area contributed by atoms with Gasteiger partial charge in [0.15, 0.2) is 5.82 Å². The summed E-state index contributed by atoms with van der Waals surface area (Å²) in [5.41, 5.74) is 0.995. The van der Waals surface area contributed by atoms with Crippen LogP contribution in [0.4, 0.5) is 5.82 Å². The molecular formula is C21H22N6S. The number of rotatable bonds is 4. The molecule has 0 amide bonds. The summed E-state index contributed by atoms with van der Waals surface area (Å²) in [5, 5.41) is 11.7. The number of fused-ring (bicyclic) bond motifs is 1. The molecule has 1 unspecified atom stereocenters. The van der Waals surface area contributed by atoms with E-state index < -0.39 is 0 Å². The van der Waals surface area contributed by atoms with Gasteiger partial charge in [-0.3, -0.25) is 0 Å². The standard InChI is InChI=1S/C21H22N6S/c1-2-26-14-22-25-20(26)15-7-5-11-27(13-15)21-16-8-3-4-9-17(16)23-19(24-21)18-10-6-12-28-18/h3-4,6,8-10,12,14-15H,2,5,7,11,13H2,1H3. The molecule has 0 spiro atoms. The van der Waals surface area contributed by atoms with Crippen molar-refractivity contribution in [1.82, 2.24) is 24.7 Å². The number of nitrogens with zero attached hydrogens (tertiary/aromatic N) is 6. The van der Waals surface area contributed by atoms with E-state index in [0.717, 1.165) is 65.7 Å². The fourth-order valence-corrected chi connectivity index (χ4v) is 4.68. The maximum atomic E-state index is 5.01. The molecule has 4 heterocycles. The van der Waals surface area contributed by atoms with Crippen molar-refractivity contribution in [3.8, 4) is 10.7 Å². The number of thiophene rings is 1. The number of hydrogen-bond donors (Lipinski definition) is 0. The van der Waals surface area contributed by atoms with Gasteiger partial charge in [0, 0.05) is 30.9 Å². The van der Waals surface area contributed by atoms with Crippen molar-refractivity contribution < 1.29 is 0 Å². The van der Waals surface area contributed by atoms with Crippen molar-refractivity contribution in [2.24, 2.45) is 0 Å². The maximum absolute atomic E-state index is 5.01. The number of anilines is 1. The predicted molar refractivity (Wildman–Crippen MR) is 113 cm³/mol. The Bertz CT molecular complexity index is 1090. The van der Waals surface area contributed by atoms with Gasteiger partial charge in [-0.25, -0.2) is 9.97 Å². The third kappa shape index (κ3) is 3.05. The lowest BCUT2D eigenvalue weighted by atomic mass is 9.96. The summed E-state index contributed by atoms with van der Waals surface area (Å²) in [6, 6.07) is 12.4. The summed E-state index contributed by atoms with van der Waals surface area (Å²) in [6.45, 7) is 4.95. The largest absolute Gasteiger partial charge is 0.355 e. The summed E-state index contributed by atoms with van der Waals surface area (Å²) < 4.78 is 2.16. The van der Waals surface area contributed by atoms with Crippen LogP contribution in [0, 0.1) is 0 Å². The summed E-state index contributed by atoms with van der Waals surface area (Å²) >= 11 is 1.68. The van der Waals surface area contributed by atoms with E-state index in [1.807, 2.05) is 18.5 Å². The Morgan fingerprint density at radius 1 is 1.14 bits per heavy atom. The van der Waals surface area contributed by atoms with Crippen molar-refractivity contribution in [2.45, 2.75) is 32.2 Å². The Balaban J connectivity index is 1.56. The van der Waals surface area contributed by atoms with Crippen LogP contribution in [0.1, 0.15) is 31.5 Å². The number of aromatic nitrogens is 5. The Morgan fingerprint density at radius 3 is 2.93 bits per heavy atom. The van der Waals surface area contributed by atoms with Gasteiger partial charge in [0.2, 0.25) is 0 Å². The van der Waals surface area contributed by atoms with Crippen LogP contribution in [0.3, 0.4) is 0 Å². The molecule has 142 valence electrons. The highest BCUT2D eigenvalue weighted by atomic mass is 32.1. The normalized spacial score (nSPS) is 17.3. The van der Waals surface area contributed by atoms with Gasteiger partial charge >= 0.3 is 0 Å². The zero-order chi connectivity index (χ0) is 18.9. The maximum Gasteiger partial charge on any atom is 0.172 e. The molecule has 6 nitrogen and oxygen atoms in total. The first kappa shape index (κ1) is 17.3. The van der Waals surface area contributed by atoms with E-state index in [2.05, 4.69) is 56.2 Å². The van der Waals surface area contributed by atoms with E-state index in [4.69, 9.17) is 9.97 Å². The van der Waals surface area contributed by atoms with Gasteiger partial charge in [-0.1, -0.05) is 18.2 Å². The van der Waals surface area contributed by atoms with Gasteiger partial charge < -0.3 is 9.47 Å². The number of aryl methyl sites for hydroxylation is 1. The van der Waals surface area contributed by atoms with Gasteiger partial charge in [0.25, 0.3) is 0 Å². The number of piperidine rings is 1. The molecule has 7 heteroatoms. The van der Waals surface area contributed by atoms with E-state index in [9.17, 15) is 0 Å². The monoisotopic (exact) mass is 390 g/mol. The summed E-state index contributed by atoms with van der Waals surface area (Å²) in [6.07, 6.45) is 4.09. The number of hydrogen-bond acceptors (Lipinski definition) is 6. The van der Waals surface area contributed by atoms with Gasteiger partial charge in [-0.05, 0) is 43.3 Å². The fraction of sp³-hybridized carbons (Fsp3) is 0.333. The van der Waals surface area contributed by atoms with Gasteiger partial charge in [0.1, 0.15) is 18.0 Å². The first-order chi connectivity index (χ1) is 13.8. The minimum absolute atomic E-state index is 0.370. The van der Waals surface area contributed by atoms with Crippen LogP contribution in [-0.2, 0) is 6.54 Å². The zero-order valence-electron chi connectivity index (χ0n) is 15.8. The highest BCUT2D eigenvalue weighted by Gasteiger charge is 2.27. The molecule has 1 aliphatic heterocycles. The van der Waals surface area contributed by atoms with Crippen molar-refractivity contribution in [2.75, 3.05) is 18.0 Å². The average Bonchev–Trinajstić information content (AvgIpc) is 3.45. The third-order valence-corrected chi connectivity index (χ3v) is 6.26. The van der Waals surface area contributed by atoms with Crippen LogP contribution >= 0.6 is 11.3 Å². The van der Waals surface area contributed by atoms with E-state index >= 15 is 0 Å². The molecular weight excluding hydrogens is 368 g/mol. The smallest absolute Gasteiger partial charge is 0.172 e. The van der Waals surface area contributed by atoms with E-state index in [1.165, 1.54) is 0 Å². The Morgan fingerprint density at radius 2 is 2.07 bits per heavy atom. The Hall–Kier alpha value is -2.80. The van der Waals surface area contributed by atoms with E-state index in [-0.39, 0.29) is 0 Å². The molecule has 4 aromatic rings. The molecule has 0 N–H and O–H groups in total. The van der Waals surface area contributed by atoms with Crippen LogP contribution in [0.15, 0.2) is 48.1 Å². The second kappa shape index (κ2) is 7.31. The Kier molecular flexibility index (Phi) is 4.52. The van der Waals surface area contributed by atoms with Crippen LogP contribution < -0.4 is 4.90 Å². The van der Waals surface area contributed by atoms with Crippen LogP contribution in [0.25, 0.3) is 21.6 Å². The average molecular weight is 391 g/mol. The molecule has 28 heavy (non-hydrogen) atoms. The summed E-state index contributed by atoms with van der Waals surface area (Å²) in [5.74, 6) is 3.29. The van der Waals surface area contributed by atoms with Crippen molar-refractivity contribution in [3.63, 3.8) is 0 Å². The second-order valence-electron chi connectivity index (χ2n) is 7.13. The minimum Gasteiger partial charge on any atom is -0.355 e. The predicted octanol–water partition coefficient (Wildman–Crippen LogP) is 4.35. The van der Waals surface area contributed by atoms with Crippen LogP contribution in [0.5, 0.6) is 0 Å². The molecule has 1 saturated heterocycles. The van der Waals surface area contributed by atoms with E-state index in [0.29, 0.717) is 5.92 Å². The minimum atomic E-state index is 0.370. The lowest BCUT2D eigenvalue weighted by Crippen LogP contribution is -2.36. The van der Waals surface area contributed by atoms with Crippen molar-refractivity contribution in [3.05, 3.63) is 53.9 Å². The van der Waals surface area contributed by atoms with E-state index in [1.54, 1.807) is 11.3 Å². The van der Waals surface area contributed by atoms with Crippen molar-refractivity contribution >= 4 is 28.1 Å². The zero-order valence-corrected chi connectivity index (χ0v) is 16.6. The van der Waals surface area contributed by atoms with Gasteiger partial charge in [-0.2, -0.15) is 0 Å². The SMILES string of the molecule is CCn1cnnc1C1CCCN(c2nc(-c3cccs3)nc3ccccc23)C1. The number of benzene rings is 1. The second-order valence-corrected chi connectivity index (χ2v) is 8.07. The molecule has 0 bridgehead atoms. The summed E-state index contributed by atoms with van der Waals surface area (Å²) in [4.78, 5) is 13.3. The topological polar surface area (TPSA) is 59.7 Å². The van der Waals surface area contributed by atoms with Gasteiger partial charge in [0.05, 0.1) is 10.4 Å². The molecule has 1 aromatic carbocycles. The molecule has 0 radical (unpaired) electrons. The third-order valence-electron chi connectivity index (χ3n) is 5.40. The first-order valence-electron chi connectivity index (χ1n) is 9.77. The fourth-order valence-electron chi connectivity index (χ4n) is 4.02. The molecule has 3 aromatic heterocycles. The quantitative estimate of drug-likeness (QED) is 0.518. The highest BCUT2D eigenvalue weighted by Crippen LogP contribution is 2.33. The van der Waals surface area contributed by atoms with Crippen LogP contribution in [0.2, 0.25) is 0 Å². The molecule has 1 aliphatic rings. The Labute approximate surface area is 167 Å². The molecule has 5 rings (SSSR count).